The molecule has 4 rings (SSSR count). The van der Waals surface area contributed by atoms with Gasteiger partial charge >= 0.3 is 6.29 Å². The van der Waals surface area contributed by atoms with Crippen LogP contribution in [0.1, 0.15) is 24.2 Å². The Morgan fingerprint density at radius 2 is 1.79 bits per heavy atom. The number of nitrogens with zero attached hydrogens (tertiary/aromatic N) is 2. The average Bonchev–Trinajstić information content (AvgIpc) is 3.17. The number of hydrogen-bond donors (Lipinski definition) is 2. The first-order chi connectivity index (χ1) is 13.4. The van der Waals surface area contributed by atoms with Crippen LogP contribution < -0.4 is 19.7 Å². The SMILES string of the molecule is CCN(CC)c1ccc(C(=O)Nc2nc3cc4c(cc3[nH]2)OC(F)(F)O4)cc1. The summed E-state index contributed by atoms with van der Waals surface area (Å²) in [6.07, 6.45) is -3.69. The number of rotatable bonds is 5. The van der Waals surface area contributed by atoms with Gasteiger partial charge < -0.3 is 19.4 Å². The maximum absolute atomic E-state index is 13.1. The summed E-state index contributed by atoms with van der Waals surface area (Å²) in [5.41, 5.74) is 2.32. The first-order valence-corrected chi connectivity index (χ1v) is 8.84. The fraction of sp³-hybridized carbons (Fsp3) is 0.263. The maximum Gasteiger partial charge on any atom is 0.586 e. The second-order valence-corrected chi connectivity index (χ2v) is 6.24. The summed E-state index contributed by atoms with van der Waals surface area (Å²) in [5, 5.41) is 2.67. The number of nitrogens with one attached hydrogen (secondary N) is 2. The number of fused-ring (bicyclic) bond motifs is 2. The van der Waals surface area contributed by atoms with Crippen LogP contribution in [0.2, 0.25) is 0 Å². The Morgan fingerprint density at radius 3 is 2.43 bits per heavy atom. The van der Waals surface area contributed by atoms with Crippen LogP contribution in [0.15, 0.2) is 36.4 Å². The molecule has 1 aliphatic rings. The van der Waals surface area contributed by atoms with Gasteiger partial charge in [-0.3, -0.25) is 10.1 Å². The molecule has 0 aliphatic carbocycles. The zero-order chi connectivity index (χ0) is 19.9. The number of benzene rings is 2. The number of halogens is 2. The minimum Gasteiger partial charge on any atom is -0.395 e. The van der Waals surface area contributed by atoms with Crippen LogP contribution in [-0.4, -0.2) is 35.3 Å². The quantitative estimate of drug-likeness (QED) is 0.691. The van der Waals surface area contributed by atoms with E-state index in [0.29, 0.717) is 16.6 Å². The molecule has 1 amide bonds. The molecule has 1 aliphatic heterocycles. The van der Waals surface area contributed by atoms with Crippen molar-refractivity contribution in [2.75, 3.05) is 23.3 Å². The lowest BCUT2D eigenvalue weighted by atomic mass is 10.2. The number of anilines is 2. The lowest BCUT2D eigenvalue weighted by Crippen LogP contribution is -2.25. The summed E-state index contributed by atoms with van der Waals surface area (Å²) >= 11 is 0. The Bertz CT molecular complexity index is 985. The Morgan fingerprint density at radius 1 is 1.14 bits per heavy atom. The number of carbonyl (C=O) groups is 1. The predicted molar refractivity (Wildman–Crippen MR) is 100 cm³/mol. The van der Waals surface area contributed by atoms with Gasteiger partial charge in [-0.2, -0.15) is 0 Å². The van der Waals surface area contributed by atoms with Crippen LogP contribution in [0.3, 0.4) is 0 Å². The molecule has 0 fully saturated rings. The minimum absolute atomic E-state index is 0.0917. The van der Waals surface area contributed by atoms with Crippen LogP contribution in [-0.2, 0) is 0 Å². The van der Waals surface area contributed by atoms with E-state index in [4.69, 9.17) is 0 Å². The van der Waals surface area contributed by atoms with Gasteiger partial charge in [0.2, 0.25) is 5.95 Å². The number of H-pyrrole nitrogens is 1. The molecule has 28 heavy (non-hydrogen) atoms. The third-order valence-corrected chi connectivity index (χ3v) is 4.49. The summed E-state index contributed by atoms with van der Waals surface area (Å²) in [7, 11) is 0. The Hall–Kier alpha value is -3.36. The van der Waals surface area contributed by atoms with Gasteiger partial charge in [-0.15, -0.1) is 8.78 Å². The van der Waals surface area contributed by atoms with Crippen molar-refractivity contribution >= 4 is 28.6 Å². The van der Waals surface area contributed by atoms with Crippen molar-refractivity contribution in [3.8, 4) is 11.5 Å². The highest BCUT2D eigenvalue weighted by molar-refractivity contribution is 6.04. The zero-order valence-electron chi connectivity index (χ0n) is 15.3. The predicted octanol–water partition coefficient (Wildman–Crippen LogP) is 3.98. The van der Waals surface area contributed by atoms with Crippen LogP contribution >= 0.6 is 0 Å². The van der Waals surface area contributed by atoms with E-state index in [0.717, 1.165) is 18.8 Å². The molecule has 2 heterocycles. The second-order valence-electron chi connectivity index (χ2n) is 6.24. The molecular formula is C19H18F2N4O3. The third-order valence-electron chi connectivity index (χ3n) is 4.49. The van der Waals surface area contributed by atoms with Gasteiger partial charge in [0.1, 0.15) is 0 Å². The number of hydrogen-bond acceptors (Lipinski definition) is 5. The topological polar surface area (TPSA) is 79.5 Å². The number of aromatic nitrogens is 2. The number of carbonyl (C=O) groups excluding carboxylic acids is 1. The maximum atomic E-state index is 13.1. The second kappa shape index (κ2) is 6.66. The molecule has 9 heteroatoms. The van der Waals surface area contributed by atoms with Crippen molar-refractivity contribution in [3.05, 3.63) is 42.0 Å². The monoisotopic (exact) mass is 388 g/mol. The molecule has 0 saturated heterocycles. The molecule has 0 radical (unpaired) electrons. The summed E-state index contributed by atoms with van der Waals surface area (Å²) in [6.45, 7) is 5.90. The van der Waals surface area contributed by atoms with Crippen LogP contribution in [0.5, 0.6) is 11.5 Å². The molecule has 0 unspecified atom stereocenters. The normalized spacial score (nSPS) is 14.3. The van der Waals surface area contributed by atoms with Crippen molar-refractivity contribution in [3.63, 3.8) is 0 Å². The Balaban J connectivity index is 1.51. The first-order valence-electron chi connectivity index (χ1n) is 8.84. The average molecular weight is 388 g/mol. The summed E-state index contributed by atoms with van der Waals surface area (Å²) in [6, 6.07) is 9.94. The van der Waals surface area contributed by atoms with Crippen molar-refractivity contribution in [2.45, 2.75) is 20.1 Å². The molecule has 0 bridgehead atoms. The lowest BCUT2D eigenvalue weighted by molar-refractivity contribution is -0.286. The highest BCUT2D eigenvalue weighted by Gasteiger charge is 2.43. The molecule has 3 aromatic rings. The molecule has 2 N–H and O–H groups in total. The van der Waals surface area contributed by atoms with Crippen molar-refractivity contribution in [2.24, 2.45) is 0 Å². The van der Waals surface area contributed by atoms with E-state index in [2.05, 4.69) is 43.5 Å². The van der Waals surface area contributed by atoms with E-state index in [9.17, 15) is 13.6 Å². The van der Waals surface area contributed by atoms with Gasteiger partial charge in [0.15, 0.2) is 11.5 Å². The Labute approximate surface area is 159 Å². The number of ether oxygens (including phenoxy) is 2. The third kappa shape index (κ3) is 3.30. The zero-order valence-corrected chi connectivity index (χ0v) is 15.3. The van der Waals surface area contributed by atoms with Gasteiger partial charge in [-0.05, 0) is 38.1 Å². The van der Waals surface area contributed by atoms with Crippen LogP contribution in [0, 0.1) is 0 Å². The lowest BCUT2D eigenvalue weighted by Gasteiger charge is -2.20. The van der Waals surface area contributed by atoms with E-state index in [-0.39, 0.29) is 23.4 Å². The molecule has 2 aromatic carbocycles. The molecule has 1 aromatic heterocycles. The highest BCUT2D eigenvalue weighted by atomic mass is 19.3. The standard InChI is InChI=1S/C19H18F2N4O3/c1-3-25(4-2)12-7-5-11(6-8-12)17(26)24-18-22-13-9-15-16(10-14(13)23-18)28-19(20,21)27-15/h5-10H,3-4H2,1-2H3,(H2,22,23,24,26). The van der Waals surface area contributed by atoms with E-state index >= 15 is 0 Å². The van der Waals surface area contributed by atoms with E-state index in [1.54, 1.807) is 12.1 Å². The summed E-state index contributed by atoms with van der Waals surface area (Å²) in [4.78, 5) is 21.7. The summed E-state index contributed by atoms with van der Waals surface area (Å²) < 4.78 is 35.1. The molecule has 146 valence electrons. The first kappa shape index (κ1) is 18.0. The highest BCUT2D eigenvalue weighted by Crippen LogP contribution is 2.42. The number of imidazole rings is 1. The smallest absolute Gasteiger partial charge is 0.395 e. The largest absolute Gasteiger partial charge is 0.586 e. The molecular weight excluding hydrogens is 370 g/mol. The number of aromatic amines is 1. The molecule has 0 saturated carbocycles. The molecule has 0 spiro atoms. The van der Waals surface area contributed by atoms with E-state index < -0.39 is 6.29 Å². The van der Waals surface area contributed by atoms with E-state index in [1.165, 1.54) is 12.1 Å². The van der Waals surface area contributed by atoms with Crippen molar-refractivity contribution < 1.29 is 23.0 Å². The fourth-order valence-corrected chi connectivity index (χ4v) is 3.11. The van der Waals surface area contributed by atoms with Crippen molar-refractivity contribution in [1.82, 2.24) is 9.97 Å². The van der Waals surface area contributed by atoms with Gasteiger partial charge in [-0.1, -0.05) is 0 Å². The van der Waals surface area contributed by atoms with Crippen LogP contribution in [0.25, 0.3) is 11.0 Å². The molecule has 7 nitrogen and oxygen atoms in total. The van der Waals surface area contributed by atoms with Gasteiger partial charge in [0.05, 0.1) is 11.0 Å². The van der Waals surface area contributed by atoms with Crippen molar-refractivity contribution in [1.29, 1.82) is 0 Å². The van der Waals surface area contributed by atoms with E-state index in [1.807, 2.05) is 12.1 Å². The van der Waals surface area contributed by atoms with Gasteiger partial charge in [0.25, 0.3) is 5.91 Å². The fourth-order valence-electron chi connectivity index (χ4n) is 3.11. The van der Waals surface area contributed by atoms with Gasteiger partial charge in [0, 0.05) is 36.5 Å². The molecule has 0 atom stereocenters. The number of amides is 1. The summed E-state index contributed by atoms with van der Waals surface area (Å²) in [5.74, 6) is -0.333. The van der Waals surface area contributed by atoms with Gasteiger partial charge in [-0.25, -0.2) is 4.98 Å². The number of alkyl halides is 2. The van der Waals surface area contributed by atoms with Crippen LogP contribution in [0.4, 0.5) is 20.4 Å². The Kier molecular flexibility index (Phi) is 4.29. The minimum atomic E-state index is -3.69.